The molecule has 0 unspecified atom stereocenters. The lowest BCUT2D eigenvalue weighted by Crippen LogP contribution is -2.28. The molecule has 1 N–H and O–H groups in total. The molecule has 0 aliphatic heterocycles. The van der Waals surface area contributed by atoms with Gasteiger partial charge in [0.05, 0.1) is 16.8 Å². The molecular formula is C18H19F2N3O2. The number of nitrogens with zero attached hydrogens (tertiary/aromatic N) is 2. The van der Waals surface area contributed by atoms with E-state index in [-0.39, 0.29) is 22.7 Å². The third kappa shape index (κ3) is 4.82. The maximum Gasteiger partial charge on any atom is 0.257 e. The van der Waals surface area contributed by atoms with Gasteiger partial charge >= 0.3 is 0 Å². The van der Waals surface area contributed by atoms with Crippen molar-refractivity contribution in [1.29, 1.82) is 0 Å². The van der Waals surface area contributed by atoms with Gasteiger partial charge in [0.2, 0.25) is 0 Å². The zero-order chi connectivity index (χ0) is 18.4. The monoisotopic (exact) mass is 347 g/mol. The van der Waals surface area contributed by atoms with Gasteiger partial charge in [0, 0.05) is 32.1 Å². The minimum absolute atomic E-state index is 0.110. The van der Waals surface area contributed by atoms with Gasteiger partial charge in [-0.15, -0.1) is 0 Å². The quantitative estimate of drug-likeness (QED) is 0.870. The topological polar surface area (TPSA) is 62.3 Å². The highest BCUT2D eigenvalue weighted by Crippen LogP contribution is 2.16. The number of anilines is 1. The van der Waals surface area contributed by atoms with Crippen molar-refractivity contribution in [3.8, 4) is 0 Å². The number of rotatable bonds is 6. The van der Waals surface area contributed by atoms with E-state index in [1.54, 1.807) is 11.9 Å². The zero-order valence-electron chi connectivity index (χ0n) is 14.1. The first-order chi connectivity index (χ1) is 11.9. The molecular weight excluding hydrogens is 328 g/mol. The van der Waals surface area contributed by atoms with E-state index in [1.165, 1.54) is 18.5 Å². The van der Waals surface area contributed by atoms with Gasteiger partial charge in [0.15, 0.2) is 0 Å². The Morgan fingerprint density at radius 2 is 1.88 bits per heavy atom. The molecule has 0 saturated heterocycles. The molecule has 0 fully saturated rings. The van der Waals surface area contributed by atoms with E-state index < -0.39 is 17.5 Å². The minimum Gasteiger partial charge on any atom is -0.342 e. The third-order valence-electron chi connectivity index (χ3n) is 3.62. The fraction of sp³-hybridized carbons (Fsp3) is 0.278. The van der Waals surface area contributed by atoms with E-state index in [0.29, 0.717) is 12.6 Å². The predicted octanol–water partition coefficient (Wildman–Crippen LogP) is 3.48. The van der Waals surface area contributed by atoms with Crippen molar-refractivity contribution in [2.75, 3.05) is 18.9 Å². The smallest absolute Gasteiger partial charge is 0.257 e. The van der Waals surface area contributed by atoms with Crippen LogP contribution in [0.2, 0.25) is 0 Å². The van der Waals surface area contributed by atoms with Gasteiger partial charge in [0.1, 0.15) is 11.6 Å². The molecule has 1 heterocycles. The Bertz CT molecular complexity index is 781. The van der Waals surface area contributed by atoms with Crippen LogP contribution in [0.4, 0.5) is 14.5 Å². The van der Waals surface area contributed by atoms with Gasteiger partial charge in [-0.3, -0.25) is 14.6 Å². The fourth-order valence-corrected chi connectivity index (χ4v) is 2.18. The maximum atomic E-state index is 13.6. The van der Waals surface area contributed by atoms with Crippen molar-refractivity contribution in [3.05, 3.63) is 59.4 Å². The Morgan fingerprint density at radius 3 is 2.56 bits per heavy atom. The van der Waals surface area contributed by atoms with Crippen LogP contribution in [-0.2, 0) is 0 Å². The summed E-state index contributed by atoms with van der Waals surface area (Å²) < 4.78 is 26.5. The van der Waals surface area contributed by atoms with Crippen LogP contribution in [0.5, 0.6) is 0 Å². The molecule has 0 atom stereocenters. The summed E-state index contributed by atoms with van der Waals surface area (Å²) in [6, 6.07) is 4.24. The highest BCUT2D eigenvalue weighted by atomic mass is 19.1. The molecule has 2 amide bonds. The largest absolute Gasteiger partial charge is 0.342 e. The van der Waals surface area contributed by atoms with Crippen molar-refractivity contribution in [1.82, 2.24) is 9.88 Å². The Kier molecular flexibility index (Phi) is 6.16. The van der Waals surface area contributed by atoms with Crippen LogP contribution in [0.25, 0.3) is 0 Å². The third-order valence-corrected chi connectivity index (χ3v) is 3.62. The predicted molar refractivity (Wildman–Crippen MR) is 90.4 cm³/mol. The van der Waals surface area contributed by atoms with E-state index >= 15 is 0 Å². The number of carbonyl (C=O) groups is 2. The van der Waals surface area contributed by atoms with Crippen molar-refractivity contribution >= 4 is 17.5 Å². The molecule has 0 aliphatic carbocycles. The average molecular weight is 347 g/mol. The second kappa shape index (κ2) is 8.32. The molecule has 25 heavy (non-hydrogen) atoms. The van der Waals surface area contributed by atoms with Crippen molar-refractivity contribution < 1.29 is 18.4 Å². The molecule has 1 aromatic carbocycles. The normalized spacial score (nSPS) is 10.4. The molecule has 2 rings (SSSR count). The minimum atomic E-state index is -0.882. The molecule has 0 bridgehead atoms. The van der Waals surface area contributed by atoms with Crippen molar-refractivity contribution in [2.45, 2.75) is 19.8 Å². The summed E-state index contributed by atoms with van der Waals surface area (Å²) in [6.07, 6.45) is 4.49. The Hall–Kier alpha value is -2.83. The highest BCUT2D eigenvalue weighted by molar-refractivity contribution is 6.05. The van der Waals surface area contributed by atoms with Gasteiger partial charge in [-0.1, -0.05) is 13.3 Å². The van der Waals surface area contributed by atoms with Crippen LogP contribution in [0.3, 0.4) is 0 Å². The molecule has 0 spiro atoms. The number of benzene rings is 1. The lowest BCUT2D eigenvalue weighted by Gasteiger charge is -2.16. The van der Waals surface area contributed by atoms with E-state index in [0.717, 1.165) is 25.0 Å². The molecule has 1 aromatic heterocycles. The number of unbranched alkanes of at least 4 members (excludes halogenated alkanes) is 1. The first kappa shape index (κ1) is 18.5. The summed E-state index contributed by atoms with van der Waals surface area (Å²) >= 11 is 0. The van der Waals surface area contributed by atoms with E-state index in [2.05, 4.69) is 10.3 Å². The fourth-order valence-electron chi connectivity index (χ4n) is 2.18. The van der Waals surface area contributed by atoms with Crippen LogP contribution in [0.15, 0.2) is 36.7 Å². The van der Waals surface area contributed by atoms with Crippen LogP contribution in [0.1, 0.15) is 40.5 Å². The van der Waals surface area contributed by atoms with Gasteiger partial charge in [-0.25, -0.2) is 8.78 Å². The number of amides is 2. The van der Waals surface area contributed by atoms with Crippen LogP contribution in [-0.4, -0.2) is 35.3 Å². The van der Waals surface area contributed by atoms with Crippen molar-refractivity contribution in [3.63, 3.8) is 0 Å². The summed E-state index contributed by atoms with van der Waals surface area (Å²) in [5, 5.41) is 2.34. The van der Waals surface area contributed by atoms with Gasteiger partial charge in [0.25, 0.3) is 11.8 Å². The van der Waals surface area contributed by atoms with E-state index in [4.69, 9.17) is 0 Å². The standard InChI is InChI=1S/C18H19F2N3O2/c1-3-4-7-23(2)18(25)13-8-12(10-21-11-13)17(24)22-16-6-5-14(19)9-15(16)20/h5-6,8-11H,3-4,7H2,1-2H3,(H,22,24). The Labute approximate surface area is 144 Å². The average Bonchev–Trinajstić information content (AvgIpc) is 2.61. The number of carbonyl (C=O) groups excluding carboxylic acids is 2. The Morgan fingerprint density at radius 1 is 1.16 bits per heavy atom. The van der Waals surface area contributed by atoms with Crippen LogP contribution in [0, 0.1) is 11.6 Å². The molecule has 132 valence electrons. The number of pyridine rings is 1. The molecule has 0 radical (unpaired) electrons. The van der Waals surface area contributed by atoms with E-state index in [9.17, 15) is 18.4 Å². The van der Waals surface area contributed by atoms with Crippen LogP contribution >= 0.6 is 0 Å². The summed E-state index contributed by atoms with van der Waals surface area (Å²) in [4.78, 5) is 30.0. The summed E-state index contributed by atoms with van der Waals surface area (Å²) in [6.45, 7) is 2.63. The molecule has 0 aliphatic rings. The van der Waals surface area contributed by atoms with Crippen molar-refractivity contribution in [2.24, 2.45) is 0 Å². The number of aromatic nitrogens is 1. The maximum absolute atomic E-state index is 13.6. The number of hydrogen-bond donors (Lipinski definition) is 1. The summed E-state index contributed by atoms with van der Waals surface area (Å²) in [5.41, 5.74) is 0.229. The molecule has 5 nitrogen and oxygen atoms in total. The van der Waals surface area contributed by atoms with Gasteiger partial charge in [-0.2, -0.15) is 0 Å². The SMILES string of the molecule is CCCCN(C)C(=O)c1cncc(C(=O)Nc2ccc(F)cc2F)c1. The molecule has 0 saturated carbocycles. The first-order valence-electron chi connectivity index (χ1n) is 7.89. The van der Waals surface area contributed by atoms with Crippen LogP contribution < -0.4 is 5.32 Å². The molecule has 2 aromatic rings. The number of halogens is 2. The second-order valence-corrected chi connectivity index (χ2v) is 5.62. The number of nitrogens with one attached hydrogen (secondary N) is 1. The Balaban J connectivity index is 2.14. The molecule has 7 heteroatoms. The lowest BCUT2D eigenvalue weighted by atomic mass is 10.1. The second-order valence-electron chi connectivity index (χ2n) is 5.62. The van der Waals surface area contributed by atoms with E-state index in [1.807, 2.05) is 6.92 Å². The van der Waals surface area contributed by atoms with Gasteiger partial charge in [-0.05, 0) is 24.6 Å². The lowest BCUT2D eigenvalue weighted by molar-refractivity contribution is 0.0793. The summed E-state index contributed by atoms with van der Waals surface area (Å²) in [7, 11) is 1.68. The first-order valence-corrected chi connectivity index (χ1v) is 7.89. The zero-order valence-corrected chi connectivity index (χ0v) is 14.1. The number of hydrogen-bond acceptors (Lipinski definition) is 3. The summed E-state index contributed by atoms with van der Waals surface area (Å²) in [5.74, 6) is -2.50. The highest BCUT2D eigenvalue weighted by Gasteiger charge is 2.15. The van der Waals surface area contributed by atoms with Gasteiger partial charge < -0.3 is 10.2 Å².